The Labute approximate surface area is 120 Å². The van der Waals surface area contributed by atoms with E-state index < -0.39 is 22.5 Å². The lowest BCUT2D eigenvalue weighted by Crippen LogP contribution is -2.10. The molecule has 0 aliphatic heterocycles. The monoisotopic (exact) mass is 291 g/mol. The molecule has 1 unspecified atom stereocenters. The molecule has 0 bridgehead atoms. The summed E-state index contributed by atoms with van der Waals surface area (Å²) in [4.78, 5) is 10.1. The van der Waals surface area contributed by atoms with E-state index in [4.69, 9.17) is 4.74 Å². The molecule has 6 heteroatoms. The first-order valence-corrected chi connectivity index (χ1v) is 6.29. The van der Waals surface area contributed by atoms with E-state index in [1.807, 2.05) is 19.1 Å². The Morgan fingerprint density at radius 2 is 1.95 bits per heavy atom. The van der Waals surface area contributed by atoms with Crippen molar-refractivity contribution in [1.29, 1.82) is 0 Å². The summed E-state index contributed by atoms with van der Waals surface area (Å²) in [5.41, 5.74) is 1.23. The zero-order valence-electron chi connectivity index (χ0n) is 11.3. The number of rotatable bonds is 5. The Hall–Kier alpha value is -2.47. The van der Waals surface area contributed by atoms with Crippen LogP contribution < -0.4 is 4.74 Å². The fourth-order valence-electron chi connectivity index (χ4n) is 1.81. The van der Waals surface area contributed by atoms with Gasteiger partial charge in [0.05, 0.1) is 11.0 Å². The number of aliphatic hydroxyl groups is 1. The molecule has 2 aromatic carbocycles. The molecule has 2 rings (SSSR count). The molecule has 2 aromatic rings. The Kier molecular flexibility index (Phi) is 4.49. The Morgan fingerprint density at radius 1 is 1.29 bits per heavy atom. The molecule has 1 atom stereocenters. The van der Waals surface area contributed by atoms with E-state index in [1.54, 1.807) is 12.1 Å². The van der Waals surface area contributed by atoms with E-state index in [2.05, 4.69) is 0 Å². The molecule has 1 N–H and O–H groups in total. The maximum atomic E-state index is 13.0. The number of nitro benzene ring substituents is 1. The average molecular weight is 291 g/mol. The van der Waals surface area contributed by atoms with E-state index >= 15 is 0 Å². The molecule has 0 aromatic heterocycles. The number of aliphatic hydroxyl groups excluding tert-OH is 1. The summed E-state index contributed by atoms with van der Waals surface area (Å²) in [7, 11) is 0. The number of hydrogen-bond acceptors (Lipinski definition) is 4. The van der Waals surface area contributed by atoms with Crippen LogP contribution in [0.3, 0.4) is 0 Å². The highest BCUT2D eigenvalue weighted by molar-refractivity contribution is 5.46. The third-order valence-electron chi connectivity index (χ3n) is 2.98. The predicted molar refractivity (Wildman–Crippen MR) is 74.7 cm³/mol. The van der Waals surface area contributed by atoms with Crippen LogP contribution in [0.5, 0.6) is 5.75 Å². The molecule has 0 aliphatic rings. The van der Waals surface area contributed by atoms with Gasteiger partial charge in [-0.2, -0.15) is 0 Å². The lowest BCUT2D eigenvalue weighted by Gasteiger charge is -2.13. The van der Waals surface area contributed by atoms with Gasteiger partial charge in [0, 0.05) is 0 Å². The van der Waals surface area contributed by atoms with Crippen LogP contribution in [0.1, 0.15) is 17.2 Å². The quantitative estimate of drug-likeness (QED) is 0.678. The van der Waals surface area contributed by atoms with Crippen molar-refractivity contribution >= 4 is 5.69 Å². The summed E-state index contributed by atoms with van der Waals surface area (Å²) in [5, 5.41) is 20.8. The molecule has 0 saturated carbocycles. The third-order valence-corrected chi connectivity index (χ3v) is 2.98. The summed E-state index contributed by atoms with van der Waals surface area (Å²) < 4.78 is 18.2. The molecule has 0 fully saturated rings. The molecule has 5 nitrogen and oxygen atoms in total. The van der Waals surface area contributed by atoms with Crippen molar-refractivity contribution in [1.82, 2.24) is 0 Å². The molecule has 0 saturated heterocycles. The summed E-state index contributed by atoms with van der Waals surface area (Å²) in [6, 6.07) is 10.2. The van der Waals surface area contributed by atoms with Crippen molar-refractivity contribution in [3.05, 3.63) is 69.5 Å². The molecule has 0 radical (unpaired) electrons. The number of hydrogen-bond donors (Lipinski definition) is 1. The summed E-state index contributed by atoms with van der Waals surface area (Å²) in [5.74, 6) is -0.791. The number of halogens is 1. The SMILES string of the molecule is Cc1ccc(C(O)COc2ccc(F)cc2[N+](=O)[O-])cc1. The van der Waals surface area contributed by atoms with Crippen LogP contribution in [0, 0.1) is 22.9 Å². The molecular weight excluding hydrogens is 277 g/mol. The fraction of sp³-hybridized carbons (Fsp3) is 0.200. The van der Waals surface area contributed by atoms with Gasteiger partial charge in [-0.15, -0.1) is 0 Å². The predicted octanol–water partition coefficient (Wildman–Crippen LogP) is 3.15. The molecule has 21 heavy (non-hydrogen) atoms. The van der Waals surface area contributed by atoms with Crippen LogP contribution >= 0.6 is 0 Å². The first-order chi connectivity index (χ1) is 9.97. The van der Waals surface area contributed by atoms with E-state index in [-0.39, 0.29) is 12.4 Å². The molecule has 0 spiro atoms. The van der Waals surface area contributed by atoms with Gasteiger partial charge in [0.2, 0.25) is 0 Å². The highest BCUT2D eigenvalue weighted by Gasteiger charge is 2.18. The molecule has 110 valence electrons. The van der Waals surface area contributed by atoms with Gasteiger partial charge < -0.3 is 9.84 Å². The van der Waals surface area contributed by atoms with Crippen LogP contribution in [0.2, 0.25) is 0 Å². The largest absolute Gasteiger partial charge is 0.484 e. The second-order valence-corrected chi connectivity index (χ2v) is 4.61. The average Bonchev–Trinajstić information content (AvgIpc) is 2.46. The zero-order chi connectivity index (χ0) is 15.4. The Balaban J connectivity index is 2.09. The minimum atomic E-state index is -0.921. The summed E-state index contributed by atoms with van der Waals surface area (Å²) >= 11 is 0. The van der Waals surface area contributed by atoms with Gasteiger partial charge in [0.15, 0.2) is 5.75 Å². The van der Waals surface area contributed by atoms with Gasteiger partial charge in [0.1, 0.15) is 18.5 Å². The standard InChI is InChI=1S/C15H14FNO4/c1-10-2-4-11(5-3-10)14(18)9-21-15-7-6-12(16)8-13(15)17(19)20/h2-8,14,18H,9H2,1H3. The van der Waals surface area contributed by atoms with Crippen LogP contribution in [0.25, 0.3) is 0 Å². The molecule has 0 aliphatic carbocycles. The van der Waals surface area contributed by atoms with Crippen molar-refractivity contribution in [3.8, 4) is 5.75 Å². The van der Waals surface area contributed by atoms with Crippen LogP contribution in [-0.4, -0.2) is 16.6 Å². The lowest BCUT2D eigenvalue weighted by molar-refractivity contribution is -0.386. The van der Waals surface area contributed by atoms with Crippen molar-refractivity contribution in [2.24, 2.45) is 0 Å². The first-order valence-electron chi connectivity index (χ1n) is 6.29. The molecular formula is C15H14FNO4. The van der Waals surface area contributed by atoms with Gasteiger partial charge >= 0.3 is 5.69 Å². The second-order valence-electron chi connectivity index (χ2n) is 4.61. The van der Waals surface area contributed by atoms with Gasteiger partial charge in [-0.25, -0.2) is 4.39 Å². The maximum absolute atomic E-state index is 13.0. The van der Waals surface area contributed by atoms with Gasteiger partial charge in [-0.1, -0.05) is 29.8 Å². The highest BCUT2D eigenvalue weighted by atomic mass is 19.1. The molecule has 0 amide bonds. The fourth-order valence-corrected chi connectivity index (χ4v) is 1.81. The third kappa shape index (κ3) is 3.76. The smallest absolute Gasteiger partial charge is 0.313 e. The number of nitro groups is 1. The minimum Gasteiger partial charge on any atom is -0.484 e. The highest BCUT2D eigenvalue weighted by Crippen LogP contribution is 2.28. The van der Waals surface area contributed by atoms with E-state index in [1.165, 1.54) is 6.07 Å². The number of aryl methyl sites for hydroxylation is 1. The van der Waals surface area contributed by atoms with Gasteiger partial charge in [-0.3, -0.25) is 10.1 Å². The van der Waals surface area contributed by atoms with Crippen molar-refractivity contribution in [2.45, 2.75) is 13.0 Å². The number of ether oxygens (including phenoxy) is 1. The van der Waals surface area contributed by atoms with E-state index in [0.29, 0.717) is 5.56 Å². The van der Waals surface area contributed by atoms with E-state index in [9.17, 15) is 19.6 Å². The van der Waals surface area contributed by atoms with Crippen molar-refractivity contribution < 1.29 is 19.2 Å². The van der Waals surface area contributed by atoms with Crippen molar-refractivity contribution in [2.75, 3.05) is 6.61 Å². The summed E-state index contributed by atoms with van der Waals surface area (Å²) in [6.07, 6.45) is -0.921. The van der Waals surface area contributed by atoms with E-state index in [0.717, 1.165) is 17.7 Å². The van der Waals surface area contributed by atoms with Crippen LogP contribution in [-0.2, 0) is 0 Å². The zero-order valence-corrected chi connectivity index (χ0v) is 11.3. The number of nitrogens with zero attached hydrogens (tertiary/aromatic N) is 1. The van der Waals surface area contributed by atoms with Crippen LogP contribution in [0.4, 0.5) is 10.1 Å². The Bertz CT molecular complexity index is 643. The normalized spacial score (nSPS) is 12.0. The van der Waals surface area contributed by atoms with Crippen molar-refractivity contribution in [3.63, 3.8) is 0 Å². The topological polar surface area (TPSA) is 72.6 Å². The lowest BCUT2D eigenvalue weighted by atomic mass is 10.1. The van der Waals surface area contributed by atoms with Gasteiger partial charge in [-0.05, 0) is 24.6 Å². The summed E-state index contributed by atoms with van der Waals surface area (Å²) in [6.45, 7) is 1.77. The van der Waals surface area contributed by atoms with Gasteiger partial charge in [0.25, 0.3) is 0 Å². The minimum absolute atomic E-state index is 0.0763. The van der Waals surface area contributed by atoms with Crippen LogP contribution in [0.15, 0.2) is 42.5 Å². The molecule has 0 heterocycles. The maximum Gasteiger partial charge on any atom is 0.313 e. The second kappa shape index (κ2) is 6.32. The first kappa shape index (κ1) is 14.9. The Morgan fingerprint density at radius 3 is 2.57 bits per heavy atom. The number of benzene rings is 2.